The van der Waals surface area contributed by atoms with Crippen molar-refractivity contribution in [3.8, 4) is 0 Å². The molecule has 5 heteroatoms. The lowest BCUT2D eigenvalue weighted by Gasteiger charge is -2.15. The molecule has 0 heterocycles. The van der Waals surface area contributed by atoms with E-state index >= 15 is 0 Å². The molecule has 19 heavy (non-hydrogen) atoms. The predicted octanol–water partition coefficient (Wildman–Crippen LogP) is 2.28. The summed E-state index contributed by atoms with van der Waals surface area (Å²) >= 11 is 0. The number of hydrogen-bond acceptors (Lipinski definition) is 2. The molecule has 0 saturated heterocycles. The second-order valence-corrected chi connectivity index (χ2v) is 4.91. The molecule has 2 N–H and O–H groups in total. The third-order valence-electron chi connectivity index (χ3n) is 3.19. The Morgan fingerprint density at radius 1 is 1.42 bits per heavy atom. The summed E-state index contributed by atoms with van der Waals surface area (Å²) in [5.74, 6) is -1.68. The number of carbonyl (C=O) groups excluding carboxylic acids is 1. The van der Waals surface area contributed by atoms with Crippen molar-refractivity contribution >= 4 is 5.91 Å². The second-order valence-electron chi connectivity index (χ2n) is 4.91. The molecule has 1 aromatic rings. The third kappa shape index (κ3) is 3.99. The third-order valence-corrected chi connectivity index (χ3v) is 3.19. The predicted molar refractivity (Wildman–Crippen MR) is 68.6 cm³/mol. The number of amides is 1. The number of hydrogen-bond donors (Lipinski definition) is 2. The molecule has 1 aromatic carbocycles. The second kappa shape index (κ2) is 6.10. The lowest BCUT2D eigenvalue weighted by Crippen LogP contribution is -2.30. The molecule has 2 rings (SSSR count). The van der Waals surface area contributed by atoms with Gasteiger partial charge in [0.15, 0.2) is 11.6 Å². The summed E-state index contributed by atoms with van der Waals surface area (Å²) in [5, 5.41) is 5.90. The molecule has 3 nitrogen and oxygen atoms in total. The van der Waals surface area contributed by atoms with Gasteiger partial charge in [-0.15, -0.1) is 0 Å². The average molecular weight is 268 g/mol. The van der Waals surface area contributed by atoms with Crippen LogP contribution in [0.1, 0.15) is 37.8 Å². The molecule has 1 saturated carbocycles. The molecule has 0 aliphatic heterocycles. The fourth-order valence-corrected chi connectivity index (χ4v) is 1.89. The number of benzene rings is 1. The molecule has 1 fully saturated rings. The first-order valence-electron chi connectivity index (χ1n) is 6.54. The van der Waals surface area contributed by atoms with E-state index in [2.05, 4.69) is 10.6 Å². The molecule has 104 valence electrons. The zero-order chi connectivity index (χ0) is 13.8. The standard InChI is InChI=1S/C14H18F2N2O/c1-9(11-3-2-4-12(15)14(11)16)17-8-7-13(19)18-10-5-6-10/h2-4,9-10,17H,5-8H2,1H3,(H,18,19). The van der Waals surface area contributed by atoms with Gasteiger partial charge in [-0.25, -0.2) is 8.78 Å². The molecule has 1 atom stereocenters. The lowest BCUT2D eigenvalue weighted by molar-refractivity contribution is -0.121. The monoisotopic (exact) mass is 268 g/mol. The van der Waals surface area contributed by atoms with Gasteiger partial charge < -0.3 is 10.6 Å². The van der Waals surface area contributed by atoms with Crippen LogP contribution >= 0.6 is 0 Å². The van der Waals surface area contributed by atoms with Gasteiger partial charge in [-0.05, 0) is 25.8 Å². The summed E-state index contributed by atoms with van der Waals surface area (Å²) in [4.78, 5) is 11.4. The van der Waals surface area contributed by atoms with Crippen molar-refractivity contribution in [1.29, 1.82) is 0 Å². The summed E-state index contributed by atoms with van der Waals surface area (Å²) in [6, 6.07) is 4.13. The van der Waals surface area contributed by atoms with E-state index < -0.39 is 11.6 Å². The Bertz CT molecular complexity index is 461. The van der Waals surface area contributed by atoms with E-state index in [9.17, 15) is 13.6 Å². The van der Waals surface area contributed by atoms with Gasteiger partial charge in [0.1, 0.15) is 0 Å². The van der Waals surface area contributed by atoms with Crippen LogP contribution in [0.15, 0.2) is 18.2 Å². The molecule has 0 aromatic heterocycles. The van der Waals surface area contributed by atoms with Crippen molar-refractivity contribution in [3.05, 3.63) is 35.4 Å². The molecule has 1 unspecified atom stereocenters. The maximum Gasteiger partial charge on any atom is 0.221 e. The first-order valence-corrected chi connectivity index (χ1v) is 6.54. The Morgan fingerprint density at radius 3 is 2.84 bits per heavy atom. The fraction of sp³-hybridized carbons (Fsp3) is 0.500. The van der Waals surface area contributed by atoms with E-state index in [0.29, 0.717) is 19.0 Å². The number of carbonyl (C=O) groups is 1. The minimum atomic E-state index is -0.849. The van der Waals surface area contributed by atoms with Gasteiger partial charge in [-0.3, -0.25) is 4.79 Å². The SMILES string of the molecule is CC(NCCC(=O)NC1CC1)c1cccc(F)c1F. The Balaban J connectivity index is 1.78. The first-order chi connectivity index (χ1) is 9.08. The van der Waals surface area contributed by atoms with E-state index in [1.165, 1.54) is 6.07 Å². The minimum absolute atomic E-state index is 0.00177. The highest BCUT2D eigenvalue weighted by atomic mass is 19.2. The molecule has 1 aliphatic rings. The number of nitrogens with one attached hydrogen (secondary N) is 2. The highest BCUT2D eigenvalue weighted by Gasteiger charge is 2.23. The van der Waals surface area contributed by atoms with E-state index in [0.717, 1.165) is 18.9 Å². The molecular formula is C14H18F2N2O. The summed E-state index contributed by atoms with van der Waals surface area (Å²) < 4.78 is 26.6. The molecule has 0 radical (unpaired) electrons. The zero-order valence-electron chi connectivity index (χ0n) is 10.9. The molecule has 0 bridgehead atoms. The Morgan fingerprint density at radius 2 is 2.16 bits per heavy atom. The maximum atomic E-state index is 13.5. The van der Waals surface area contributed by atoms with Gasteiger partial charge in [0.05, 0.1) is 0 Å². The van der Waals surface area contributed by atoms with Crippen LogP contribution in [0.4, 0.5) is 8.78 Å². The van der Waals surface area contributed by atoms with E-state index in [-0.39, 0.29) is 17.5 Å². The van der Waals surface area contributed by atoms with Crippen LogP contribution in [0, 0.1) is 11.6 Å². The molecule has 1 aliphatic carbocycles. The van der Waals surface area contributed by atoms with Crippen molar-refractivity contribution < 1.29 is 13.6 Å². The van der Waals surface area contributed by atoms with E-state index in [1.54, 1.807) is 13.0 Å². The van der Waals surface area contributed by atoms with Crippen LogP contribution in [-0.4, -0.2) is 18.5 Å². The van der Waals surface area contributed by atoms with E-state index in [1.807, 2.05) is 0 Å². The van der Waals surface area contributed by atoms with Gasteiger partial charge in [0.2, 0.25) is 5.91 Å². The summed E-state index contributed by atoms with van der Waals surface area (Å²) in [6.45, 7) is 2.19. The number of rotatable bonds is 6. The smallest absolute Gasteiger partial charge is 0.221 e. The van der Waals surface area contributed by atoms with Crippen molar-refractivity contribution in [3.63, 3.8) is 0 Å². The highest BCUT2D eigenvalue weighted by molar-refractivity contribution is 5.76. The summed E-state index contributed by atoms with van der Waals surface area (Å²) in [5.41, 5.74) is 0.280. The van der Waals surface area contributed by atoms with Crippen LogP contribution < -0.4 is 10.6 Å². The van der Waals surface area contributed by atoms with Gasteiger partial charge in [0, 0.05) is 30.6 Å². The molecule has 0 spiro atoms. The van der Waals surface area contributed by atoms with Gasteiger partial charge >= 0.3 is 0 Å². The van der Waals surface area contributed by atoms with Gasteiger partial charge in [-0.1, -0.05) is 12.1 Å². The van der Waals surface area contributed by atoms with Crippen LogP contribution in [0.3, 0.4) is 0 Å². The largest absolute Gasteiger partial charge is 0.353 e. The van der Waals surface area contributed by atoms with Crippen LogP contribution in [0.25, 0.3) is 0 Å². The van der Waals surface area contributed by atoms with Crippen molar-refractivity contribution in [2.45, 2.75) is 38.3 Å². The Hall–Kier alpha value is -1.49. The van der Waals surface area contributed by atoms with E-state index in [4.69, 9.17) is 0 Å². The lowest BCUT2D eigenvalue weighted by atomic mass is 10.1. The van der Waals surface area contributed by atoms with Crippen LogP contribution in [-0.2, 0) is 4.79 Å². The Labute approximate surface area is 111 Å². The summed E-state index contributed by atoms with van der Waals surface area (Å²) in [7, 11) is 0. The van der Waals surface area contributed by atoms with Crippen molar-refractivity contribution in [2.75, 3.05) is 6.54 Å². The van der Waals surface area contributed by atoms with Crippen LogP contribution in [0.5, 0.6) is 0 Å². The highest BCUT2D eigenvalue weighted by Crippen LogP contribution is 2.19. The molecular weight excluding hydrogens is 250 g/mol. The topological polar surface area (TPSA) is 41.1 Å². The van der Waals surface area contributed by atoms with Crippen molar-refractivity contribution in [2.24, 2.45) is 0 Å². The van der Waals surface area contributed by atoms with Gasteiger partial charge in [-0.2, -0.15) is 0 Å². The zero-order valence-corrected chi connectivity index (χ0v) is 10.9. The fourth-order valence-electron chi connectivity index (χ4n) is 1.89. The van der Waals surface area contributed by atoms with Crippen LogP contribution in [0.2, 0.25) is 0 Å². The maximum absolute atomic E-state index is 13.5. The summed E-state index contributed by atoms with van der Waals surface area (Å²) in [6.07, 6.45) is 2.46. The van der Waals surface area contributed by atoms with Gasteiger partial charge in [0.25, 0.3) is 0 Å². The minimum Gasteiger partial charge on any atom is -0.353 e. The first kappa shape index (κ1) is 13.9. The normalized spacial score (nSPS) is 16.2. The molecule has 1 amide bonds. The average Bonchev–Trinajstić information content (AvgIpc) is 3.16. The van der Waals surface area contributed by atoms with Crippen molar-refractivity contribution in [1.82, 2.24) is 10.6 Å². The number of halogens is 2. The Kier molecular flexibility index (Phi) is 4.47. The quantitative estimate of drug-likeness (QED) is 0.831.